The van der Waals surface area contributed by atoms with Gasteiger partial charge in [-0.15, -0.1) is 0 Å². The third kappa shape index (κ3) is 5.13. The monoisotopic (exact) mass is 266 g/mol. The van der Waals surface area contributed by atoms with Crippen molar-refractivity contribution in [2.45, 2.75) is 83.2 Å². The number of piperidine rings is 1. The van der Waals surface area contributed by atoms with Crippen molar-refractivity contribution in [2.24, 2.45) is 5.92 Å². The van der Waals surface area contributed by atoms with Gasteiger partial charge >= 0.3 is 0 Å². The summed E-state index contributed by atoms with van der Waals surface area (Å²) in [5.74, 6) is 0.968. The van der Waals surface area contributed by atoms with Crippen LogP contribution in [0.4, 0.5) is 0 Å². The first-order valence-electron chi connectivity index (χ1n) is 8.28. The van der Waals surface area contributed by atoms with Gasteiger partial charge in [0.05, 0.1) is 0 Å². The van der Waals surface area contributed by atoms with Crippen LogP contribution in [0.15, 0.2) is 0 Å². The number of hydrogen-bond acceptors (Lipinski definition) is 2. The summed E-state index contributed by atoms with van der Waals surface area (Å²) in [6.45, 7) is 3.32. The van der Waals surface area contributed by atoms with E-state index in [-0.39, 0.29) is 5.91 Å². The SMILES string of the molecule is C[C@@H](NC(=O)CCC1CCCCN1)C1CCCCC1. The molecule has 0 aromatic carbocycles. The van der Waals surface area contributed by atoms with Gasteiger partial charge in [-0.05, 0) is 51.5 Å². The predicted octanol–water partition coefficient (Wildman–Crippen LogP) is 2.99. The Hall–Kier alpha value is -0.570. The molecule has 3 nitrogen and oxygen atoms in total. The van der Waals surface area contributed by atoms with Gasteiger partial charge in [0.1, 0.15) is 0 Å². The fraction of sp³-hybridized carbons (Fsp3) is 0.938. The zero-order valence-electron chi connectivity index (χ0n) is 12.4. The normalized spacial score (nSPS) is 26.9. The van der Waals surface area contributed by atoms with Gasteiger partial charge in [0.2, 0.25) is 5.91 Å². The number of amides is 1. The maximum atomic E-state index is 12.0. The van der Waals surface area contributed by atoms with Crippen molar-refractivity contribution >= 4 is 5.91 Å². The minimum atomic E-state index is 0.255. The number of hydrogen-bond donors (Lipinski definition) is 2. The van der Waals surface area contributed by atoms with Crippen molar-refractivity contribution < 1.29 is 4.79 Å². The molecular formula is C16H30N2O. The standard InChI is InChI=1S/C16H30N2O/c1-13(14-7-3-2-4-8-14)18-16(19)11-10-15-9-5-6-12-17-15/h13-15,17H,2-12H2,1H3,(H,18,19)/t13-,15?/m1/s1. The Bertz CT molecular complexity index is 268. The first kappa shape index (κ1) is 14.8. The second-order valence-electron chi connectivity index (χ2n) is 6.44. The molecule has 1 unspecified atom stereocenters. The molecule has 1 heterocycles. The molecule has 2 N–H and O–H groups in total. The van der Waals surface area contributed by atoms with Crippen molar-refractivity contribution in [3.05, 3.63) is 0 Å². The van der Waals surface area contributed by atoms with Crippen molar-refractivity contribution in [1.82, 2.24) is 10.6 Å². The molecule has 0 spiro atoms. The molecule has 2 atom stereocenters. The van der Waals surface area contributed by atoms with E-state index in [0.29, 0.717) is 24.4 Å². The van der Waals surface area contributed by atoms with E-state index in [2.05, 4.69) is 17.6 Å². The summed E-state index contributed by atoms with van der Waals surface area (Å²) in [6, 6.07) is 0.941. The summed E-state index contributed by atoms with van der Waals surface area (Å²) in [6.07, 6.45) is 12.2. The number of nitrogens with one attached hydrogen (secondary N) is 2. The molecule has 0 radical (unpaired) electrons. The summed E-state index contributed by atoms with van der Waals surface area (Å²) >= 11 is 0. The highest BCUT2D eigenvalue weighted by atomic mass is 16.1. The zero-order valence-corrected chi connectivity index (χ0v) is 12.4. The third-order valence-corrected chi connectivity index (χ3v) is 4.88. The predicted molar refractivity (Wildman–Crippen MR) is 79.1 cm³/mol. The van der Waals surface area contributed by atoms with Crippen LogP contribution in [0.3, 0.4) is 0 Å². The summed E-state index contributed by atoms with van der Waals surface area (Å²) in [5, 5.41) is 6.73. The van der Waals surface area contributed by atoms with Crippen LogP contribution in [0.2, 0.25) is 0 Å². The Morgan fingerprint density at radius 3 is 2.58 bits per heavy atom. The highest BCUT2D eigenvalue weighted by molar-refractivity contribution is 5.76. The first-order valence-corrected chi connectivity index (χ1v) is 8.28. The van der Waals surface area contributed by atoms with Crippen LogP contribution in [-0.4, -0.2) is 24.5 Å². The van der Waals surface area contributed by atoms with E-state index in [0.717, 1.165) is 13.0 Å². The van der Waals surface area contributed by atoms with Gasteiger partial charge in [-0.1, -0.05) is 25.7 Å². The topological polar surface area (TPSA) is 41.1 Å². The van der Waals surface area contributed by atoms with E-state index >= 15 is 0 Å². The Labute approximate surface area is 117 Å². The number of carbonyl (C=O) groups excluding carboxylic acids is 1. The molecular weight excluding hydrogens is 236 g/mol. The van der Waals surface area contributed by atoms with Crippen molar-refractivity contribution in [3.8, 4) is 0 Å². The lowest BCUT2D eigenvalue weighted by Crippen LogP contribution is -2.40. The van der Waals surface area contributed by atoms with E-state index in [1.165, 1.54) is 51.4 Å². The molecule has 0 aromatic heterocycles. The van der Waals surface area contributed by atoms with Crippen LogP contribution in [0.1, 0.15) is 71.1 Å². The van der Waals surface area contributed by atoms with Gasteiger partial charge in [-0.25, -0.2) is 0 Å². The molecule has 2 aliphatic rings. The van der Waals surface area contributed by atoms with Gasteiger partial charge in [0.15, 0.2) is 0 Å². The molecule has 1 amide bonds. The number of carbonyl (C=O) groups is 1. The Kier molecular flexibility index (Phi) is 6.15. The first-order chi connectivity index (χ1) is 9.25. The van der Waals surface area contributed by atoms with Crippen molar-refractivity contribution in [3.63, 3.8) is 0 Å². The lowest BCUT2D eigenvalue weighted by atomic mass is 9.84. The van der Waals surface area contributed by atoms with Crippen LogP contribution < -0.4 is 10.6 Å². The van der Waals surface area contributed by atoms with E-state index < -0.39 is 0 Å². The van der Waals surface area contributed by atoms with Crippen molar-refractivity contribution in [2.75, 3.05) is 6.54 Å². The minimum absolute atomic E-state index is 0.255. The summed E-state index contributed by atoms with van der Waals surface area (Å²) in [4.78, 5) is 12.0. The molecule has 0 bridgehead atoms. The van der Waals surface area contributed by atoms with Crippen LogP contribution in [0.25, 0.3) is 0 Å². The van der Waals surface area contributed by atoms with Crippen molar-refractivity contribution in [1.29, 1.82) is 0 Å². The van der Waals surface area contributed by atoms with Crippen LogP contribution >= 0.6 is 0 Å². The largest absolute Gasteiger partial charge is 0.353 e. The highest BCUT2D eigenvalue weighted by Crippen LogP contribution is 2.26. The molecule has 110 valence electrons. The fourth-order valence-corrected chi connectivity index (χ4v) is 3.55. The zero-order chi connectivity index (χ0) is 13.5. The van der Waals surface area contributed by atoms with Gasteiger partial charge in [0, 0.05) is 18.5 Å². The van der Waals surface area contributed by atoms with E-state index in [4.69, 9.17) is 0 Å². The van der Waals surface area contributed by atoms with Crippen LogP contribution in [0, 0.1) is 5.92 Å². The Morgan fingerprint density at radius 1 is 1.16 bits per heavy atom. The maximum absolute atomic E-state index is 12.0. The molecule has 1 aliphatic carbocycles. The average Bonchev–Trinajstić information content (AvgIpc) is 2.47. The van der Waals surface area contributed by atoms with Gasteiger partial charge in [-0.3, -0.25) is 4.79 Å². The highest BCUT2D eigenvalue weighted by Gasteiger charge is 2.21. The van der Waals surface area contributed by atoms with Crippen LogP contribution in [0.5, 0.6) is 0 Å². The second-order valence-corrected chi connectivity index (χ2v) is 6.44. The van der Waals surface area contributed by atoms with Gasteiger partial charge in [0.25, 0.3) is 0 Å². The van der Waals surface area contributed by atoms with Gasteiger partial charge in [-0.2, -0.15) is 0 Å². The van der Waals surface area contributed by atoms with Crippen LogP contribution in [-0.2, 0) is 4.79 Å². The lowest BCUT2D eigenvalue weighted by Gasteiger charge is -2.28. The molecule has 0 aromatic rings. The van der Waals surface area contributed by atoms with E-state index in [1.807, 2.05) is 0 Å². The fourth-order valence-electron chi connectivity index (χ4n) is 3.55. The molecule has 1 saturated heterocycles. The van der Waals surface area contributed by atoms with E-state index in [9.17, 15) is 4.79 Å². The average molecular weight is 266 g/mol. The molecule has 1 aliphatic heterocycles. The second kappa shape index (κ2) is 7.88. The molecule has 2 fully saturated rings. The molecule has 2 rings (SSSR count). The smallest absolute Gasteiger partial charge is 0.220 e. The molecule has 3 heteroatoms. The summed E-state index contributed by atoms with van der Waals surface area (Å²) in [7, 11) is 0. The van der Waals surface area contributed by atoms with E-state index in [1.54, 1.807) is 0 Å². The quantitative estimate of drug-likeness (QED) is 0.803. The summed E-state index contributed by atoms with van der Waals surface area (Å²) < 4.78 is 0. The Morgan fingerprint density at radius 2 is 1.89 bits per heavy atom. The molecule has 19 heavy (non-hydrogen) atoms. The third-order valence-electron chi connectivity index (χ3n) is 4.88. The summed E-state index contributed by atoms with van der Waals surface area (Å²) in [5.41, 5.74) is 0. The maximum Gasteiger partial charge on any atom is 0.220 e. The molecule has 1 saturated carbocycles. The Balaban J connectivity index is 1.62. The lowest BCUT2D eigenvalue weighted by molar-refractivity contribution is -0.122. The number of rotatable bonds is 5. The van der Waals surface area contributed by atoms with Gasteiger partial charge < -0.3 is 10.6 Å². The minimum Gasteiger partial charge on any atom is -0.353 e.